The van der Waals surface area contributed by atoms with E-state index in [4.69, 9.17) is 4.74 Å². The molecule has 2 aromatic carbocycles. The third-order valence-electron chi connectivity index (χ3n) is 4.70. The quantitative estimate of drug-likeness (QED) is 0.600. The number of benzene rings is 2. The van der Waals surface area contributed by atoms with Gasteiger partial charge in [-0.2, -0.15) is 0 Å². The maximum atomic E-state index is 12.6. The Kier molecular flexibility index (Phi) is 7.47. The molecule has 0 radical (unpaired) electrons. The van der Waals surface area contributed by atoms with Crippen molar-refractivity contribution >= 4 is 39.3 Å². The van der Waals surface area contributed by atoms with Crippen molar-refractivity contribution < 1.29 is 9.53 Å². The van der Waals surface area contributed by atoms with Crippen LogP contribution < -0.4 is 9.64 Å². The maximum absolute atomic E-state index is 12.6. The second-order valence-corrected chi connectivity index (χ2v) is 8.44. The summed E-state index contributed by atoms with van der Waals surface area (Å²) in [5.74, 6) is 1.93. The lowest BCUT2D eigenvalue weighted by Crippen LogP contribution is -2.35. The lowest BCUT2D eigenvalue weighted by molar-refractivity contribution is -0.130. The molecule has 1 heterocycles. The van der Waals surface area contributed by atoms with E-state index in [9.17, 15) is 4.79 Å². The Morgan fingerprint density at radius 2 is 1.85 bits per heavy atom. The Balaban J connectivity index is 1.48. The van der Waals surface area contributed by atoms with Crippen LogP contribution in [0.5, 0.6) is 5.75 Å². The number of ether oxygens (including phenoxy) is 1. The van der Waals surface area contributed by atoms with Crippen LogP contribution in [0.4, 0.5) is 5.69 Å². The lowest BCUT2D eigenvalue weighted by atomic mass is 10.2. The number of anilines is 1. The van der Waals surface area contributed by atoms with Crippen LogP contribution >= 0.6 is 27.7 Å². The van der Waals surface area contributed by atoms with Crippen molar-refractivity contribution in [3.8, 4) is 5.75 Å². The van der Waals surface area contributed by atoms with Crippen LogP contribution in [0.2, 0.25) is 0 Å². The summed E-state index contributed by atoms with van der Waals surface area (Å²) in [6, 6.07) is 16.3. The zero-order chi connectivity index (χ0) is 19.1. The third-order valence-corrected chi connectivity index (χ3v) is 6.73. The van der Waals surface area contributed by atoms with E-state index in [1.165, 1.54) is 10.6 Å². The summed E-state index contributed by atoms with van der Waals surface area (Å²) in [6.45, 7) is 3.47. The average Bonchev–Trinajstić information content (AvgIpc) is 2.96. The molecule has 3 rings (SSSR count). The van der Waals surface area contributed by atoms with E-state index in [1.807, 2.05) is 35.2 Å². The molecule has 2 aromatic rings. The minimum absolute atomic E-state index is 0.256. The predicted molar refractivity (Wildman–Crippen MR) is 116 cm³/mol. The van der Waals surface area contributed by atoms with Gasteiger partial charge >= 0.3 is 0 Å². The summed E-state index contributed by atoms with van der Waals surface area (Å²) in [4.78, 5) is 18.2. The molecule has 144 valence electrons. The molecule has 0 unspecified atom stereocenters. The van der Waals surface area contributed by atoms with Crippen molar-refractivity contribution in [2.75, 3.05) is 43.9 Å². The Morgan fingerprint density at radius 1 is 1.07 bits per heavy atom. The number of carbonyl (C=O) groups excluding carboxylic acids is 1. The van der Waals surface area contributed by atoms with E-state index >= 15 is 0 Å². The van der Waals surface area contributed by atoms with Crippen molar-refractivity contribution in [1.29, 1.82) is 0 Å². The summed E-state index contributed by atoms with van der Waals surface area (Å²) in [6.07, 6.45) is 1.57. The molecule has 6 heteroatoms. The van der Waals surface area contributed by atoms with E-state index in [1.54, 1.807) is 18.9 Å². The normalized spacial score (nSPS) is 14.7. The first-order chi connectivity index (χ1) is 13.2. The molecule has 0 saturated carbocycles. The molecule has 0 atom stereocenters. The zero-order valence-corrected chi connectivity index (χ0v) is 18.0. The van der Waals surface area contributed by atoms with Gasteiger partial charge in [0, 0.05) is 53.4 Å². The van der Waals surface area contributed by atoms with E-state index < -0.39 is 0 Å². The largest absolute Gasteiger partial charge is 0.497 e. The number of thioether (sulfide) groups is 1. The van der Waals surface area contributed by atoms with Gasteiger partial charge in [0.05, 0.1) is 7.11 Å². The summed E-state index contributed by atoms with van der Waals surface area (Å²) in [7, 11) is 1.68. The first-order valence-corrected chi connectivity index (χ1v) is 11.0. The van der Waals surface area contributed by atoms with E-state index in [0.717, 1.165) is 48.6 Å². The molecule has 1 fully saturated rings. The number of hydrogen-bond donors (Lipinski definition) is 0. The maximum Gasteiger partial charge on any atom is 0.223 e. The van der Waals surface area contributed by atoms with Crippen LogP contribution in [-0.2, 0) is 4.79 Å². The fourth-order valence-corrected chi connectivity index (χ4v) is 4.69. The van der Waals surface area contributed by atoms with Gasteiger partial charge in [-0.05, 0) is 58.7 Å². The lowest BCUT2D eigenvalue weighted by Gasteiger charge is -2.24. The summed E-state index contributed by atoms with van der Waals surface area (Å²) >= 11 is 5.29. The summed E-state index contributed by atoms with van der Waals surface area (Å²) in [5.41, 5.74) is 1.19. The molecule has 0 bridgehead atoms. The van der Waals surface area contributed by atoms with E-state index in [-0.39, 0.29) is 5.91 Å². The number of carbonyl (C=O) groups is 1. The van der Waals surface area contributed by atoms with Crippen LogP contribution in [0, 0.1) is 0 Å². The van der Waals surface area contributed by atoms with Gasteiger partial charge in [-0.25, -0.2) is 0 Å². The van der Waals surface area contributed by atoms with E-state index in [2.05, 4.69) is 39.0 Å². The van der Waals surface area contributed by atoms with Crippen LogP contribution in [-0.4, -0.2) is 49.8 Å². The first-order valence-electron chi connectivity index (χ1n) is 9.21. The standard InChI is InChI=1S/C21H25BrN2O2S/c1-26-18-9-7-17(8-10-18)23-12-4-13-24(15-14-23)21(25)11-16-27-20-6-3-2-5-19(20)22/h2-3,5-10H,4,11-16H2,1H3. The molecular formula is C21H25BrN2O2S. The second kappa shape index (κ2) is 10.0. The molecule has 1 aliphatic rings. The number of amides is 1. The van der Waals surface area contributed by atoms with Gasteiger partial charge in [-0.3, -0.25) is 4.79 Å². The fraction of sp³-hybridized carbons (Fsp3) is 0.381. The van der Waals surface area contributed by atoms with Crippen LogP contribution in [0.3, 0.4) is 0 Å². The van der Waals surface area contributed by atoms with Crippen LogP contribution in [0.25, 0.3) is 0 Å². The van der Waals surface area contributed by atoms with E-state index in [0.29, 0.717) is 6.42 Å². The van der Waals surface area contributed by atoms with Crippen LogP contribution in [0.15, 0.2) is 57.9 Å². The highest BCUT2D eigenvalue weighted by Gasteiger charge is 2.19. The topological polar surface area (TPSA) is 32.8 Å². The third kappa shape index (κ3) is 5.66. The molecule has 0 spiro atoms. The molecule has 4 nitrogen and oxygen atoms in total. The number of hydrogen-bond acceptors (Lipinski definition) is 4. The molecular weight excluding hydrogens is 424 g/mol. The summed E-state index contributed by atoms with van der Waals surface area (Å²) < 4.78 is 6.32. The van der Waals surface area contributed by atoms with Crippen molar-refractivity contribution in [2.24, 2.45) is 0 Å². The zero-order valence-electron chi connectivity index (χ0n) is 15.6. The van der Waals surface area contributed by atoms with Gasteiger partial charge < -0.3 is 14.5 Å². The highest BCUT2D eigenvalue weighted by molar-refractivity contribution is 9.10. The minimum Gasteiger partial charge on any atom is -0.497 e. The summed E-state index contributed by atoms with van der Waals surface area (Å²) in [5, 5.41) is 0. The molecule has 27 heavy (non-hydrogen) atoms. The molecule has 0 N–H and O–H groups in total. The molecule has 1 saturated heterocycles. The van der Waals surface area contributed by atoms with Crippen LogP contribution in [0.1, 0.15) is 12.8 Å². The molecule has 0 aromatic heterocycles. The van der Waals surface area contributed by atoms with Crippen molar-refractivity contribution in [2.45, 2.75) is 17.7 Å². The number of rotatable bonds is 6. The SMILES string of the molecule is COc1ccc(N2CCCN(C(=O)CCSc3ccccc3Br)CC2)cc1. The van der Waals surface area contributed by atoms with Crippen molar-refractivity contribution in [3.05, 3.63) is 53.0 Å². The Hall–Kier alpha value is -1.66. The smallest absolute Gasteiger partial charge is 0.223 e. The number of nitrogens with zero attached hydrogens (tertiary/aromatic N) is 2. The average molecular weight is 449 g/mol. The Bertz CT molecular complexity index is 754. The van der Waals surface area contributed by atoms with Gasteiger partial charge in [-0.15, -0.1) is 11.8 Å². The van der Waals surface area contributed by atoms with Gasteiger partial charge in [-0.1, -0.05) is 12.1 Å². The number of methoxy groups -OCH3 is 1. The Morgan fingerprint density at radius 3 is 2.59 bits per heavy atom. The van der Waals surface area contributed by atoms with Gasteiger partial charge in [0.15, 0.2) is 0 Å². The first kappa shape index (κ1) is 20.1. The molecule has 1 aliphatic heterocycles. The predicted octanol–water partition coefficient (Wildman–Crippen LogP) is 4.68. The second-order valence-electron chi connectivity index (χ2n) is 6.45. The van der Waals surface area contributed by atoms with Gasteiger partial charge in [0.2, 0.25) is 5.91 Å². The van der Waals surface area contributed by atoms with Crippen molar-refractivity contribution in [3.63, 3.8) is 0 Å². The highest BCUT2D eigenvalue weighted by atomic mass is 79.9. The molecule has 1 amide bonds. The molecule has 0 aliphatic carbocycles. The highest BCUT2D eigenvalue weighted by Crippen LogP contribution is 2.27. The van der Waals surface area contributed by atoms with Gasteiger partial charge in [0.1, 0.15) is 5.75 Å². The monoisotopic (exact) mass is 448 g/mol. The Labute approximate surface area is 174 Å². The van der Waals surface area contributed by atoms with Gasteiger partial charge in [0.25, 0.3) is 0 Å². The minimum atomic E-state index is 0.256. The number of halogens is 1. The van der Waals surface area contributed by atoms with Crippen molar-refractivity contribution in [1.82, 2.24) is 4.90 Å². The fourth-order valence-electron chi connectivity index (χ4n) is 3.19.